The minimum atomic E-state index is 0.604. The number of nitrogens with one attached hydrogen (secondary N) is 1. The van der Waals surface area contributed by atoms with Gasteiger partial charge in [-0.2, -0.15) is 0 Å². The van der Waals surface area contributed by atoms with E-state index in [9.17, 15) is 0 Å². The summed E-state index contributed by atoms with van der Waals surface area (Å²) in [4.78, 5) is 14.5. The van der Waals surface area contributed by atoms with Crippen LogP contribution in [0.1, 0.15) is 44.2 Å². The van der Waals surface area contributed by atoms with Crippen molar-refractivity contribution in [3.63, 3.8) is 0 Å². The van der Waals surface area contributed by atoms with Crippen LogP contribution in [-0.2, 0) is 0 Å². The Morgan fingerprint density at radius 1 is 1.32 bits per heavy atom. The Morgan fingerprint density at radius 2 is 2.16 bits per heavy atom. The van der Waals surface area contributed by atoms with Gasteiger partial charge in [-0.1, -0.05) is 12.8 Å². The van der Waals surface area contributed by atoms with Crippen molar-refractivity contribution in [2.75, 3.05) is 11.9 Å². The third-order valence-corrected chi connectivity index (χ3v) is 4.30. The van der Waals surface area contributed by atoms with E-state index in [0.717, 1.165) is 23.1 Å². The van der Waals surface area contributed by atoms with Crippen molar-refractivity contribution in [3.05, 3.63) is 23.5 Å². The number of nitrogens with zero attached hydrogens (tertiary/aromatic N) is 3. The molecule has 2 aromatic heterocycles. The standard InChI is InChI=1S/C14H18N4S/c1-2-16-13-7-11(10-5-3-4-6-10)17-14(18-13)12-8-15-9-19-12/h7-10H,2-6H2,1H3,(H,16,17,18). The minimum Gasteiger partial charge on any atom is -0.370 e. The molecule has 0 saturated heterocycles. The van der Waals surface area contributed by atoms with E-state index in [1.807, 2.05) is 11.7 Å². The van der Waals surface area contributed by atoms with Crippen LogP contribution >= 0.6 is 11.3 Å². The quantitative estimate of drug-likeness (QED) is 0.923. The molecule has 100 valence electrons. The summed E-state index contributed by atoms with van der Waals surface area (Å²) >= 11 is 1.59. The zero-order valence-corrected chi connectivity index (χ0v) is 11.9. The van der Waals surface area contributed by atoms with E-state index in [2.05, 4.69) is 28.3 Å². The maximum absolute atomic E-state index is 4.76. The van der Waals surface area contributed by atoms with E-state index in [1.54, 1.807) is 11.3 Å². The molecule has 0 aromatic carbocycles. The Hall–Kier alpha value is -1.49. The van der Waals surface area contributed by atoms with Gasteiger partial charge in [-0.05, 0) is 19.8 Å². The van der Waals surface area contributed by atoms with Crippen LogP contribution in [0.15, 0.2) is 17.8 Å². The SMILES string of the molecule is CCNc1cc(C2CCCC2)nc(-c2cncs2)n1. The lowest BCUT2D eigenvalue weighted by Gasteiger charge is -2.12. The van der Waals surface area contributed by atoms with Crippen molar-refractivity contribution < 1.29 is 0 Å². The molecular weight excluding hydrogens is 256 g/mol. The number of rotatable bonds is 4. The summed E-state index contributed by atoms with van der Waals surface area (Å²) in [6.07, 6.45) is 6.99. The normalized spacial score (nSPS) is 15.8. The monoisotopic (exact) mass is 274 g/mol. The van der Waals surface area contributed by atoms with Crippen molar-refractivity contribution >= 4 is 17.2 Å². The van der Waals surface area contributed by atoms with Gasteiger partial charge in [0.25, 0.3) is 0 Å². The van der Waals surface area contributed by atoms with E-state index in [0.29, 0.717) is 5.92 Å². The van der Waals surface area contributed by atoms with E-state index in [1.165, 1.54) is 31.4 Å². The Morgan fingerprint density at radius 3 is 2.84 bits per heavy atom. The average molecular weight is 274 g/mol. The highest BCUT2D eigenvalue weighted by molar-refractivity contribution is 7.13. The van der Waals surface area contributed by atoms with Crippen LogP contribution in [-0.4, -0.2) is 21.5 Å². The fourth-order valence-electron chi connectivity index (χ4n) is 2.60. The second-order valence-corrected chi connectivity index (χ2v) is 5.77. The number of anilines is 1. The average Bonchev–Trinajstić information content (AvgIpc) is 3.12. The molecule has 1 aliphatic carbocycles. The largest absolute Gasteiger partial charge is 0.370 e. The summed E-state index contributed by atoms with van der Waals surface area (Å²) in [5, 5.41) is 3.31. The predicted molar refractivity (Wildman–Crippen MR) is 78.5 cm³/mol. The summed E-state index contributed by atoms with van der Waals surface area (Å²) in [6.45, 7) is 2.97. The summed E-state index contributed by atoms with van der Waals surface area (Å²) in [5.41, 5.74) is 3.01. The lowest BCUT2D eigenvalue weighted by Crippen LogP contribution is -2.05. The fourth-order valence-corrected chi connectivity index (χ4v) is 3.16. The van der Waals surface area contributed by atoms with E-state index in [4.69, 9.17) is 4.98 Å². The highest BCUT2D eigenvalue weighted by atomic mass is 32.1. The van der Waals surface area contributed by atoms with Gasteiger partial charge in [-0.3, -0.25) is 4.98 Å². The molecule has 0 atom stereocenters. The molecule has 0 spiro atoms. The smallest absolute Gasteiger partial charge is 0.173 e. The number of hydrogen-bond acceptors (Lipinski definition) is 5. The van der Waals surface area contributed by atoms with Crippen LogP contribution in [0.3, 0.4) is 0 Å². The van der Waals surface area contributed by atoms with E-state index < -0.39 is 0 Å². The van der Waals surface area contributed by atoms with Crippen molar-refractivity contribution in [1.82, 2.24) is 15.0 Å². The molecule has 0 aliphatic heterocycles. The molecule has 2 aromatic rings. The van der Waals surface area contributed by atoms with Gasteiger partial charge in [-0.15, -0.1) is 11.3 Å². The Balaban J connectivity index is 1.98. The first kappa shape index (κ1) is 12.5. The molecule has 1 aliphatic rings. The van der Waals surface area contributed by atoms with Crippen LogP contribution in [0, 0.1) is 0 Å². The molecule has 5 heteroatoms. The zero-order chi connectivity index (χ0) is 13.1. The molecule has 3 rings (SSSR count). The van der Waals surface area contributed by atoms with E-state index in [-0.39, 0.29) is 0 Å². The van der Waals surface area contributed by atoms with Crippen LogP contribution in [0.2, 0.25) is 0 Å². The van der Waals surface area contributed by atoms with Gasteiger partial charge in [0, 0.05) is 30.4 Å². The van der Waals surface area contributed by atoms with Gasteiger partial charge in [0.05, 0.1) is 10.4 Å². The van der Waals surface area contributed by atoms with Crippen molar-refractivity contribution in [1.29, 1.82) is 0 Å². The Labute approximate surface area is 117 Å². The minimum absolute atomic E-state index is 0.604. The van der Waals surface area contributed by atoms with Crippen molar-refractivity contribution in [3.8, 4) is 10.7 Å². The van der Waals surface area contributed by atoms with Gasteiger partial charge in [0.15, 0.2) is 5.82 Å². The fraction of sp³-hybridized carbons (Fsp3) is 0.500. The molecule has 19 heavy (non-hydrogen) atoms. The highest BCUT2D eigenvalue weighted by Gasteiger charge is 2.20. The summed E-state index contributed by atoms with van der Waals surface area (Å²) in [7, 11) is 0. The Bertz CT molecular complexity index is 532. The topological polar surface area (TPSA) is 50.7 Å². The second kappa shape index (κ2) is 5.65. The molecule has 0 radical (unpaired) electrons. The lowest BCUT2D eigenvalue weighted by atomic mass is 10.0. The van der Waals surface area contributed by atoms with Gasteiger partial charge in [-0.25, -0.2) is 9.97 Å². The van der Waals surface area contributed by atoms with E-state index >= 15 is 0 Å². The third kappa shape index (κ3) is 2.76. The third-order valence-electron chi connectivity index (χ3n) is 3.53. The van der Waals surface area contributed by atoms with Crippen molar-refractivity contribution in [2.45, 2.75) is 38.5 Å². The maximum Gasteiger partial charge on any atom is 0.173 e. The summed E-state index contributed by atoms with van der Waals surface area (Å²) in [5.74, 6) is 2.35. The molecular formula is C14H18N4S. The molecule has 0 bridgehead atoms. The first-order valence-electron chi connectivity index (χ1n) is 6.88. The van der Waals surface area contributed by atoms with Gasteiger partial charge >= 0.3 is 0 Å². The van der Waals surface area contributed by atoms with Crippen LogP contribution in [0.25, 0.3) is 10.7 Å². The van der Waals surface area contributed by atoms with Crippen molar-refractivity contribution in [2.24, 2.45) is 0 Å². The zero-order valence-electron chi connectivity index (χ0n) is 11.1. The van der Waals surface area contributed by atoms with Gasteiger partial charge in [0.1, 0.15) is 5.82 Å². The summed E-state index contributed by atoms with van der Waals surface area (Å²) in [6, 6.07) is 2.12. The maximum atomic E-state index is 4.76. The second-order valence-electron chi connectivity index (χ2n) is 4.88. The molecule has 2 heterocycles. The highest BCUT2D eigenvalue weighted by Crippen LogP contribution is 2.34. The molecule has 4 nitrogen and oxygen atoms in total. The molecule has 0 amide bonds. The van der Waals surface area contributed by atoms with Gasteiger partial charge < -0.3 is 5.32 Å². The summed E-state index contributed by atoms with van der Waals surface area (Å²) < 4.78 is 0. The predicted octanol–water partition coefficient (Wildman–Crippen LogP) is 3.69. The van der Waals surface area contributed by atoms with Gasteiger partial charge in [0.2, 0.25) is 0 Å². The first-order valence-corrected chi connectivity index (χ1v) is 7.76. The lowest BCUT2D eigenvalue weighted by molar-refractivity contribution is 0.696. The molecule has 0 unspecified atom stereocenters. The first-order chi connectivity index (χ1) is 9.36. The molecule has 1 fully saturated rings. The Kier molecular flexibility index (Phi) is 3.73. The number of aromatic nitrogens is 3. The number of hydrogen-bond donors (Lipinski definition) is 1. The molecule has 1 saturated carbocycles. The number of thiazole rings is 1. The van der Waals surface area contributed by atoms with Crippen LogP contribution < -0.4 is 5.32 Å². The molecule has 1 N–H and O–H groups in total. The van der Waals surface area contributed by atoms with Crippen LogP contribution in [0.5, 0.6) is 0 Å². The van der Waals surface area contributed by atoms with Crippen LogP contribution in [0.4, 0.5) is 5.82 Å².